The van der Waals surface area contributed by atoms with Gasteiger partial charge in [0.2, 0.25) is 0 Å². The van der Waals surface area contributed by atoms with Gasteiger partial charge in [-0.2, -0.15) is 0 Å². The van der Waals surface area contributed by atoms with Gasteiger partial charge in [0.15, 0.2) is 5.54 Å². The lowest BCUT2D eigenvalue weighted by Gasteiger charge is -2.43. The number of esters is 1. The number of fused-ring (bicyclic) bond motifs is 2. The van der Waals surface area contributed by atoms with Crippen molar-refractivity contribution < 1.29 is 37.0 Å². The number of ether oxygens (including phenoxy) is 3. The molecular weight excluding hydrogens is 441 g/mol. The molecule has 2 aromatic carbocycles. The molecule has 2 aromatic rings. The monoisotopic (exact) mass is 464 g/mol. The summed E-state index contributed by atoms with van der Waals surface area (Å²) in [6, 6.07) is 11.3. The van der Waals surface area contributed by atoms with Crippen LogP contribution in [-0.2, 0) is 9.53 Å². The molecule has 2 atom stereocenters. The molecule has 2 bridgehead atoms. The van der Waals surface area contributed by atoms with Crippen LogP contribution in [0.2, 0.25) is 0 Å². The third-order valence-electron chi connectivity index (χ3n) is 5.78. The Bertz CT molecular complexity index is 1010. The van der Waals surface area contributed by atoms with E-state index in [1.54, 1.807) is 36.1 Å². The van der Waals surface area contributed by atoms with Crippen LogP contribution in [-0.4, -0.2) is 54.4 Å². The van der Waals surface area contributed by atoms with Gasteiger partial charge in [0, 0.05) is 24.7 Å². The summed E-state index contributed by atoms with van der Waals surface area (Å²) in [5.74, 6) is -0.292. The molecule has 0 saturated carbocycles. The van der Waals surface area contributed by atoms with Gasteiger partial charge in [-0.1, -0.05) is 0 Å². The Kier molecular flexibility index (Phi) is 6.20. The fraction of sp³-hybridized carbons (Fsp3) is 0.391. The maximum atomic E-state index is 13.3. The van der Waals surface area contributed by atoms with Crippen molar-refractivity contribution in [2.45, 2.75) is 37.7 Å². The average molecular weight is 464 g/mol. The molecule has 10 heteroatoms. The van der Waals surface area contributed by atoms with Gasteiger partial charge in [0.1, 0.15) is 17.2 Å². The van der Waals surface area contributed by atoms with E-state index >= 15 is 0 Å². The van der Waals surface area contributed by atoms with Crippen molar-refractivity contribution in [2.24, 2.45) is 0 Å². The first-order valence-corrected chi connectivity index (χ1v) is 10.6. The first kappa shape index (κ1) is 22.9. The zero-order valence-corrected chi connectivity index (χ0v) is 17.9. The predicted molar refractivity (Wildman–Crippen MR) is 111 cm³/mol. The number of amides is 1. The fourth-order valence-corrected chi connectivity index (χ4v) is 4.37. The van der Waals surface area contributed by atoms with Crippen molar-refractivity contribution in [1.82, 2.24) is 10.2 Å². The molecule has 2 heterocycles. The van der Waals surface area contributed by atoms with E-state index in [0.29, 0.717) is 43.0 Å². The quantitative estimate of drug-likeness (QED) is 0.654. The van der Waals surface area contributed by atoms with E-state index in [1.807, 2.05) is 0 Å². The Morgan fingerprint density at radius 2 is 1.67 bits per heavy atom. The number of alkyl halides is 3. The molecule has 2 fully saturated rings. The topological polar surface area (TPSA) is 77.1 Å². The standard InChI is InChI=1S/C23H23F3N2O5/c1-2-31-21(30)22-12-11-16(13-27-14-22)28(22)20(29)15-3-5-17(6-4-15)32-18-7-9-19(10-8-18)33-23(24,25)26/h3-10,16,27H,2,11-14H2,1H3. The summed E-state index contributed by atoms with van der Waals surface area (Å²) in [5.41, 5.74) is -0.607. The van der Waals surface area contributed by atoms with Gasteiger partial charge < -0.3 is 24.4 Å². The molecule has 33 heavy (non-hydrogen) atoms. The van der Waals surface area contributed by atoms with E-state index in [1.165, 1.54) is 12.1 Å². The third-order valence-corrected chi connectivity index (χ3v) is 5.78. The van der Waals surface area contributed by atoms with Crippen molar-refractivity contribution >= 4 is 11.9 Å². The van der Waals surface area contributed by atoms with E-state index < -0.39 is 17.9 Å². The van der Waals surface area contributed by atoms with Crippen LogP contribution in [0, 0.1) is 0 Å². The van der Waals surface area contributed by atoms with Gasteiger partial charge in [-0.15, -0.1) is 13.2 Å². The van der Waals surface area contributed by atoms with Gasteiger partial charge in [-0.3, -0.25) is 4.79 Å². The largest absolute Gasteiger partial charge is 0.573 e. The molecule has 1 N–H and O–H groups in total. The molecule has 0 radical (unpaired) electrons. The second-order valence-corrected chi connectivity index (χ2v) is 7.90. The van der Waals surface area contributed by atoms with Gasteiger partial charge in [0.25, 0.3) is 5.91 Å². The molecular formula is C23H23F3N2O5. The van der Waals surface area contributed by atoms with Gasteiger partial charge in [-0.25, -0.2) is 4.79 Å². The highest BCUT2D eigenvalue weighted by Gasteiger charge is 2.57. The van der Waals surface area contributed by atoms with Crippen LogP contribution in [0.15, 0.2) is 48.5 Å². The summed E-state index contributed by atoms with van der Waals surface area (Å²) in [6.45, 7) is 2.94. The highest BCUT2D eigenvalue weighted by Crippen LogP contribution is 2.39. The smallest absolute Gasteiger partial charge is 0.464 e. The maximum Gasteiger partial charge on any atom is 0.573 e. The lowest BCUT2D eigenvalue weighted by Crippen LogP contribution is -2.66. The van der Waals surface area contributed by atoms with Crippen molar-refractivity contribution in [1.29, 1.82) is 0 Å². The predicted octanol–water partition coefficient (Wildman–Crippen LogP) is 3.89. The molecule has 176 valence electrons. The molecule has 2 aliphatic rings. The Labute approximate surface area is 188 Å². The summed E-state index contributed by atoms with van der Waals surface area (Å²) in [6.07, 6.45) is -3.50. The summed E-state index contributed by atoms with van der Waals surface area (Å²) >= 11 is 0. The highest BCUT2D eigenvalue weighted by molar-refractivity contribution is 5.99. The molecule has 1 amide bonds. The van der Waals surface area contributed by atoms with Gasteiger partial charge in [0.05, 0.1) is 6.61 Å². The van der Waals surface area contributed by atoms with Gasteiger partial charge >= 0.3 is 12.3 Å². The summed E-state index contributed by atoms with van der Waals surface area (Å²) in [7, 11) is 0. The average Bonchev–Trinajstić information content (AvgIpc) is 3.00. The Morgan fingerprint density at radius 1 is 1.06 bits per heavy atom. The van der Waals surface area contributed by atoms with Crippen LogP contribution in [0.4, 0.5) is 13.2 Å². The van der Waals surface area contributed by atoms with Crippen molar-refractivity contribution in [3.63, 3.8) is 0 Å². The van der Waals surface area contributed by atoms with Crippen LogP contribution in [0.25, 0.3) is 0 Å². The zero-order chi connectivity index (χ0) is 23.6. The number of carbonyl (C=O) groups excluding carboxylic acids is 2. The molecule has 0 aliphatic carbocycles. The lowest BCUT2D eigenvalue weighted by atomic mass is 9.94. The number of carbonyl (C=O) groups is 2. The maximum absolute atomic E-state index is 13.3. The molecule has 7 nitrogen and oxygen atoms in total. The van der Waals surface area contributed by atoms with E-state index in [0.717, 1.165) is 12.1 Å². The van der Waals surface area contributed by atoms with Crippen LogP contribution >= 0.6 is 0 Å². The second-order valence-electron chi connectivity index (χ2n) is 7.90. The minimum Gasteiger partial charge on any atom is -0.464 e. The number of rotatable bonds is 6. The van der Waals surface area contributed by atoms with Crippen LogP contribution in [0.1, 0.15) is 30.1 Å². The van der Waals surface area contributed by atoms with Crippen molar-refractivity contribution in [2.75, 3.05) is 19.7 Å². The fourth-order valence-electron chi connectivity index (χ4n) is 4.37. The SMILES string of the molecule is CCOC(=O)C12CCC(CNC1)N2C(=O)c1ccc(Oc2ccc(OC(F)(F)F)cc2)cc1. The number of nitrogens with one attached hydrogen (secondary N) is 1. The van der Waals surface area contributed by atoms with Crippen LogP contribution in [0.5, 0.6) is 17.2 Å². The second kappa shape index (κ2) is 8.93. The lowest BCUT2D eigenvalue weighted by molar-refractivity contribution is -0.274. The Morgan fingerprint density at radius 3 is 2.27 bits per heavy atom. The molecule has 2 aliphatic heterocycles. The Balaban J connectivity index is 1.46. The number of halogens is 3. The number of nitrogens with zero attached hydrogens (tertiary/aromatic N) is 1. The summed E-state index contributed by atoms with van der Waals surface area (Å²) < 4.78 is 51.6. The van der Waals surface area contributed by atoms with Gasteiger partial charge in [-0.05, 0) is 68.3 Å². The molecule has 2 saturated heterocycles. The molecule has 2 unspecified atom stereocenters. The number of hydrogen-bond acceptors (Lipinski definition) is 6. The first-order chi connectivity index (χ1) is 15.7. The molecule has 0 spiro atoms. The normalized spacial score (nSPS) is 22.1. The van der Waals surface area contributed by atoms with E-state index in [2.05, 4.69) is 10.1 Å². The Hall–Kier alpha value is -3.27. The van der Waals surface area contributed by atoms with E-state index in [4.69, 9.17) is 9.47 Å². The van der Waals surface area contributed by atoms with E-state index in [-0.39, 0.29) is 24.3 Å². The molecule has 4 rings (SSSR count). The van der Waals surface area contributed by atoms with Crippen molar-refractivity contribution in [3.8, 4) is 17.2 Å². The number of benzene rings is 2. The third kappa shape index (κ3) is 4.75. The van der Waals surface area contributed by atoms with Crippen LogP contribution < -0.4 is 14.8 Å². The minimum absolute atomic E-state index is 0.0935. The number of hydrogen-bond donors (Lipinski definition) is 1. The minimum atomic E-state index is -4.76. The van der Waals surface area contributed by atoms with Crippen LogP contribution in [0.3, 0.4) is 0 Å². The first-order valence-electron chi connectivity index (χ1n) is 10.6. The zero-order valence-electron chi connectivity index (χ0n) is 17.9. The van der Waals surface area contributed by atoms with E-state index in [9.17, 15) is 22.8 Å². The molecule has 0 aromatic heterocycles. The summed E-state index contributed by atoms with van der Waals surface area (Å²) in [4.78, 5) is 27.7. The summed E-state index contributed by atoms with van der Waals surface area (Å²) in [5, 5.41) is 3.23. The van der Waals surface area contributed by atoms with Crippen molar-refractivity contribution in [3.05, 3.63) is 54.1 Å². The number of piperazine rings is 1. The highest BCUT2D eigenvalue weighted by atomic mass is 19.4.